The van der Waals surface area contributed by atoms with Crippen molar-refractivity contribution in [1.29, 1.82) is 0 Å². The molecule has 1 fully saturated rings. The Kier molecular flexibility index (Phi) is 7.52. The highest BCUT2D eigenvalue weighted by atomic mass is 35.5. The van der Waals surface area contributed by atoms with Gasteiger partial charge in [0.25, 0.3) is 16.8 Å². The molecule has 3 aromatic rings. The maximum atomic E-state index is 12.9. The first-order valence-corrected chi connectivity index (χ1v) is 13.0. The lowest BCUT2D eigenvalue weighted by atomic mass is 10.1. The van der Waals surface area contributed by atoms with Crippen molar-refractivity contribution in [1.82, 2.24) is 4.90 Å². The van der Waals surface area contributed by atoms with Crippen LogP contribution in [0.5, 0.6) is 11.5 Å². The maximum absolute atomic E-state index is 12.9. The number of ether oxygens (including phenoxy) is 1. The molecule has 0 bridgehead atoms. The van der Waals surface area contributed by atoms with Gasteiger partial charge in [-0.25, -0.2) is 0 Å². The van der Waals surface area contributed by atoms with Crippen LogP contribution >= 0.6 is 23.4 Å². The van der Waals surface area contributed by atoms with Crippen molar-refractivity contribution in [3.8, 4) is 11.5 Å². The van der Waals surface area contributed by atoms with Gasteiger partial charge in [0, 0.05) is 12.1 Å². The minimum absolute atomic E-state index is 0.00312. The van der Waals surface area contributed by atoms with E-state index >= 15 is 0 Å². The van der Waals surface area contributed by atoms with Gasteiger partial charge in [0.1, 0.15) is 4.90 Å². The lowest BCUT2D eigenvalue weighted by Crippen LogP contribution is -2.27. The van der Waals surface area contributed by atoms with Gasteiger partial charge >= 0.3 is 10.1 Å². The van der Waals surface area contributed by atoms with E-state index in [0.29, 0.717) is 22.9 Å². The molecular weight excluding hydrogens is 544 g/mol. The van der Waals surface area contributed by atoms with Gasteiger partial charge in [-0.3, -0.25) is 24.6 Å². The zero-order valence-corrected chi connectivity index (χ0v) is 21.4. The van der Waals surface area contributed by atoms with Crippen LogP contribution in [0.2, 0.25) is 5.02 Å². The first kappa shape index (κ1) is 26.2. The highest BCUT2D eigenvalue weighted by molar-refractivity contribution is 8.18. The second-order valence-corrected chi connectivity index (χ2v) is 10.5. The number of carbonyl (C=O) groups excluding carboxylic acids is 2. The molecule has 1 aliphatic rings. The number of hydrogen-bond acceptors (Lipinski definition) is 9. The summed E-state index contributed by atoms with van der Waals surface area (Å²) >= 11 is 7.03. The molecule has 0 aromatic heterocycles. The fourth-order valence-electron chi connectivity index (χ4n) is 3.34. The van der Waals surface area contributed by atoms with E-state index in [0.717, 1.165) is 4.90 Å². The number of thioether (sulfide) groups is 1. The van der Waals surface area contributed by atoms with Crippen LogP contribution in [0.4, 0.5) is 10.5 Å². The van der Waals surface area contributed by atoms with Crippen LogP contribution in [-0.2, 0) is 21.5 Å². The summed E-state index contributed by atoms with van der Waals surface area (Å²) in [6.07, 6.45) is 1.42. The molecule has 13 heteroatoms. The van der Waals surface area contributed by atoms with E-state index in [4.69, 9.17) is 20.5 Å². The Balaban J connectivity index is 1.57. The summed E-state index contributed by atoms with van der Waals surface area (Å²) in [5.41, 5.74) is 0.805. The van der Waals surface area contributed by atoms with Crippen molar-refractivity contribution < 1.29 is 31.9 Å². The Hall–Kier alpha value is -3.87. The van der Waals surface area contributed by atoms with Gasteiger partial charge in [-0.2, -0.15) is 8.42 Å². The summed E-state index contributed by atoms with van der Waals surface area (Å²) in [6.45, 7) is -0.0613. The number of nitro groups is 1. The molecule has 1 heterocycles. The van der Waals surface area contributed by atoms with Crippen LogP contribution in [0.15, 0.2) is 76.5 Å². The Morgan fingerprint density at radius 3 is 2.38 bits per heavy atom. The number of nitro benzene ring substituents is 1. The zero-order valence-electron chi connectivity index (χ0n) is 19.0. The molecule has 1 aliphatic heterocycles. The van der Waals surface area contributed by atoms with Crippen LogP contribution < -0.4 is 8.92 Å². The molecule has 4 rings (SSSR count). The standard InChI is InChI=1S/C24H17ClN2O8S2/c1-34-20-12-16(11-19(25)22(20)35-37(32,33)18-5-3-2-4-6-18)13-21-23(28)26(24(29)36-21)14-15-7-9-17(10-8-15)27(30)31/h2-13H,14H2,1H3/b21-13-. The Labute approximate surface area is 220 Å². The van der Waals surface area contributed by atoms with Crippen LogP contribution in [-0.4, -0.2) is 36.5 Å². The van der Waals surface area contributed by atoms with Gasteiger partial charge in [-0.05, 0) is 53.2 Å². The monoisotopic (exact) mass is 560 g/mol. The molecule has 0 atom stereocenters. The van der Waals surface area contributed by atoms with Crippen LogP contribution in [0.1, 0.15) is 11.1 Å². The quantitative estimate of drug-likeness (QED) is 0.156. The highest BCUT2D eigenvalue weighted by Gasteiger charge is 2.35. The molecule has 190 valence electrons. The Morgan fingerprint density at radius 2 is 1.76 bits per heavy atom. The SMILES string of the molecule is COc1cc(/C=C2\SC(=O)N(Cc3ccc([N+](=O)[O-])cc3)C2=O)cc(Cl)c1OS(=O)(=O)c1ccccc1. The molecule has 3 aromatic carbocycles. The lowest BCUT2D eigenvalue weighted by Gasteiger charge is -2.13. The molecule has 2 amide bonds. The van der Waals surface area contributed by atoms with Crippen molar-refractivity contribution in [2.24, 2.45) is 0 Å². The molecule has 37 heavy (non-hydrogen) atoms. The van der Waals surface area contributed by atoms with Crippen molar-refractivity contribution in [3.63, 3.8) is 0 Å². The van der Waals surface area contributed by atoms with Gasteiger partial charge in [0.15, 0.2) is 5.75 Å². The van der Waals surface area contributed by atoms with Crippen molar-refractivity contribution >= 4 is 56.4 Å². The van der Waals surface area contributed by atoms with Crippen LogP contribution in [0.25, 0.3) is 6.08 Å². The number of methoxy groups -OCH3 is 1. The zero-order chi connectivity index (χ0) is 26.7. The van der Waals surface area contributed by atoms with Crippen molar-refractivity contribution in [3.05, 3.63) is 97.9 Å². The third kappa shape index (κ3) is 5.77. The molecule has 0 N–H and O–H groups in total. The van der Waals surface area contributed by atoms with E-state index in [-0.39, 0.29) is 38.6 Å². The van der Waals surface area contributed by atoms with Gasteiger partial charge in [0.05, 0.1) is 28.5 Å². The van der Waals surface area contributed by atoms with E-state index in [1.807, 2.05) is 0 Å². The predicted molar refractivity (Wildman–Crippen MR) is 137 cm³/mol. The third-order valence-corrected chi connectivity index (χ3v) is 7.56. The average Bonchev–Trinajstić information content (AvgIpc) is 3.13. The summed E-state index contributed by atoms with van der Waals surface area (Å²) in [5.74, 6) is -0.782. The summed E-state index contributed by atoms with van der Waals surface area (Å²) in [7, 11) is -2.89. The number of benzene rings is 3. The molecular formula is C24H17ClN2O8S2. The molecule has 0 spiro atoms. The summed E-state index contributed by atoms with van der Waals surface area (Å²) in [4.78, 5) is 36.7. The summed E-state index contributed by atoms with van der Waals surface area (Å²) < 4.78 is 35.8. The average molecular weight is 561 g/mol. The van der Waals surface area contributed by atoms with Gasteiger partial charge in [-0.1, -0.05) is 41.9 Å². The third-order valence-electron chi connectivity index (χ3n) is 5.14. The second kappa shape index (κ2) is 10.6. The Morgan fingerprint density at radius 1 is 1.08 bits per heavy atom. The number of hydrogen-bond donors (Lipinski definition) is 0. The largest absolute Gasteiger partial charge is 0.493 e. The number of non-ortho nitro benzene ring substituents is 1. The van der Waals surface area contributed by atoms with E-state index in [1.165, 1.54) is 61.7 Å². The van der Waals surface area contributed by atoms with Crippen LogP contribution in [0.3, 0.4) is 0 Å². The van der Waals surface area contributed by atoms with Gasteiger partial charge < -0.3 is 8.92 Å². The highest BCUT2D eigenvalue weighted by Crippen LogP contribution is 2.40. The van der Waals surface area contributed by atoms with Crippen LogP contribution in [0, 0.1) is 10.1 Å². The molecule has 0 aliphatic carbocycles. The van der Waals surface area contributed by atoms with E-state index < -0.39 is 26.2 Å². The summed E-state index contributed by atoms with van der Waals surface area (Å²) in [5, 5.41) is 10.2. The number of rotatable bonds is 8. The topological polar surface area (TPSA) is 133 Å². The fraction of sp³-hybridized carbons (Fsp3) is 0.0833. The Bertz CT molecular complexity index is 1520. The second-order valence-electron chi connectivity index (χ2n) is 7.58. The fourth-order valence-corrected chi connectivity index (χ4v) is 5.46. The first-order valence-electron chi connectivity index (χ1n) is 10.4. The molecule has 0 saturated carbocycles. The normalized spacial score (nSPS) is 14.8. The number of amides is 2. The minimum atomic E-state index is -4.19. The molecule has 0 unspecified atom stereocenters. The molecule has 10 nitrogen and oxygen atoms in total. The van der Waals surface area contributed by atoms with E-state index in [1.54, 1.807) is 18.2 Å². The van der Waals surface area contributed by atoms with Crippen molar-refractivity contribution in [2.45, 2.75) is 11.4 Å². The number of nitrogens with zero attached hydrogens (tertiary/aromatic N) is 2. The predicted octanol–water partition coefficient (Wildman–Crippen LogP) is 5.26. The van der Waals surface area contributed by atoms with Crippen molar-refractivity contribution in [2.75, 3.05) is 7.11 Å². The smallest absolute Gasteiger partial charge is 0.339 e. The number of carbonyl (C=O) groups is 2. The molecule has 0 radical (unpaired) electrons. The van der Waals surface area contributed by atoms with Gasteiger partial charge in [0.2, 0.25) is 5.75 Å². The number of imide groups is 1. The number of halogens is 1. The van der Waals surface area contributed by atoms with E-state index in [2.05, 4.69) is 0 Å². The van der Waals surface area contributed by atoms with E-state index in [9.17, 15) is 28.1 Å². The first-order chi connectivity index (χ1) is 17.6. The molecule has 1 saturated heterocycles. The van der Waals surface area contributed by atoms with Gasteiger partial charge in [-0.15, -0.1) is 0 Å². The lowest BCUT2D eigenvalue weighted by molar-refractivity contribution is -0.384. The minimum Gasteiger partial charge on any atom is -0.493 e. The maximum Gasteiger partial charge on any atom is 0.339 e. The summed E-state index contributed by atoms with van der Waals surface area (Å²) in [6, 6.07) is 15.8.